The normalized spacial score (nSPS) is 20.9. The Morgan fingerprint density at radius 1 is 1.67 bits per heavy atom. The van der Waals surface area contributed by atoms with Gasteiger partial charge in [0.05, 0.1) is 24.7 Å². The van der Waals surface area contributed by atoms with Crippen molar-refractivity contribution in [1.82, 2.24) is 4.90 Å². The Labute approximate surface area is 90.2 Å². The quantitative estimate of drug-likeness (QED) is 0.598. The Bertz CT molecular complexity index is 223. The van der Waals surface area contributed by atoms with Crippen molar-refractivity contribution in [2.75, 3.05) is 26.8 Å². The van der Waals surface area contributed by atoms with Crippen LogP contribution < -0.4 is 5.73 Å². The number of carbonyl (C=O) groups is 1. The zero-order valence-corrected chi connectivity index (χ0v) is 9.40. The standard InChI is InChI=1S/C10H20N2O3/c1-10(14)6-12(7-10)9(13)8(11)4-3-5-15-2/h8,14H,3-7,11H2,1-2H3. The molecule has 1 heterocycles. The van der Waals surface area contributed by atoms with Gasteiger partial charge >= 0.3 is 0 Å². The number of β-amino-alcohol motifs (C(OH)–C–C–N with tert-alkyl or cyclic N) is 1. The van der Waals surface area contributed by atoms with Gasteiger partial charge in [-0.3, -0.25) is 4.79 Å². The topological polar surface area (TPSA) is 75.8 Å². The fraction of sp³-hybridized carbons (Fsp3) is 0.900. The lowest BCUT2D eigenvalue weighted by Gasteiger charge is -2.45. The average molecular weight is 216 g/mol. The molecular formula is C10H20N2O3. The van der Waals surface area contributed by atoms with Gasteiger partial charge in [0.25, 0.3) is 0 Å². The molecule has 0 radical (unpaired) electrons. The van der Waals surface area contributed by atoms with Crippen LogP contribution in [0.3, 0.4) is 0 Å². The van der Waals surface area contributed by atoms with Crippen molar-refractivity contribution in [2.45, 2.75) is 31.4 Å². The summed E-state index contributed by atoms with van der Waals surface area (Å²) in [4.78, 5) is 13.3. The summed E-state index contributed by atoms with van der Waals surface area (Å²) in [6.45, 7) is 3.12. The molecule has 0 aromatic heterocycles. The molecule has 0 saturated carbocycles. The van der Waals surface area contributed by atoms with Gasteiger partial charge in [0, 0.05) is 13.7 Å². The van der Waals surface area contributed by atoms with Crippen LogP contribution in [0.15, 0.2) is 0 Å². The van der Waals surface area contributed by atoms with E-state index >= 15 is 0 Å². The number of rotatable bonds is 5. The maximum atomic E-state index is 11.7. The molecule has 15 heavy (non-hydrogen) atoms. The molecular weight excluding hydrogens is 196 g/mol. The molecule has 1 saturated heterocycles. The molecule has 5 nitrogen and oxygen atoms in total. The van der Waals surface area contributed by atoms with E-state index in [0.717, 1.165) is 6.42 Å². The van der Waals surface area contributed by atoms with Gasteiger partial charge in [-0.2, -0.15) is 0 Å². The van der Waals surface area contributed by atoms with Crippen molar-refractivity contribution in [2.24, 2.45) is 5.73 Å². The number of nitrogens with zero attached hydrogens (tertiary/aromatic N) is 1. The fourth-order valence-electron chi connectivity index (χ4n) is 1.74. The second-order valence-electron chi connectivity index (χ2n) is 4.43. The zero-order chi connectivity index (χ0) is 11.5. The van der Waals surface area contributed by atoms with Crippen LogP contribution in [0.2, 0.25) is 0 Å². The first-order valence-electron chi connectivity index (χ1n) is 5.22. The van der Waals surface area contributed by atoms with Gasteiger partial charge in [-0.15, -0.1) is 0 Å². The van der Waals surface area contributed by atoms with E-state index in [-0.39, 0.29) is 5.91 Å². The smallest absolute Gasteiger partial charge is 0.239 e. The van der Waals surface area contributed by atoms with E-state index < -0.39 is 11.6 Å². The van der Waals surface area contributed by atoms with Crippen molar-refractivity contribution in [1.29, 1.82) is 0 Å². The Balaban J connectivity index is 2.23. The maximum absolute atomic E-state index is 11.7. The third-order valence-electron chi connectivity index (χ3n) is 2.56. The lowest BCUT2D eigenvalue weighted by Crippen LogP contribution is -2.64. The van der Waals surface area contributed by atoms with Gasteiger partial charge in [-0.1, -0.05) is 0 Å². The highest BCUT2D eigenvalue weighted by Gasteiger charge is 2.40. The van der Waals surface area contributed by atoms with E-state index in [1.807, 2.05) is 0 Å². The summed E-state index contributed by atoms with van der Waals surface area (Å²) in [6, 6.07) is -0.462. The third kappa shape index (κ3) is 3.44. The summed E-state index contributed by atoms with van der Waals surface area (Å²) in [7, 11) is 1.62. The molecule has 1 aliphatic heterocycles. The molecule has 0 aromatic carbocycles. The average Bonchev–Trinajstić information content (AvgIpc) is 2.13. The van der Waals surface area contributed by atoms with Crippen LogP contribution in [0.5, 0.6) is 0 Å². The van der Waals surface area contributed by atoms with Crippen LogP contribution in [-0.2, 0) is 9.53 Å². The molecule has 1 unspecified atom stereocenters. The molecule has 1 atom stereocenters. The summed E-state index contributed by atoms with van der Waals surface area (Å²) < 4.78 is 4.89. The SMILES string of the molecule is COCCCC(N)C(=O)N1CC(C)(O)C1. The predicted octanol–water partition coefficient (Wildman–Crippen LogP) is -0.666. The summed E-state index contributed by atoms with van der Waals surface area (Å²) >= 11 is 0. The van der Waals surface area contributed by atoms with Crippen LogP contribution >= 0.6 is 0 Å². The lowest BCUT2D eigenvalue weighted by atomic mass is 9.95. The monoisotopic (exact) mass is 216 g/mol. The number of hydrogen-bond acceptors (Lipinski definition) is 4. The summed E-state index contributed by atoms with van der Waals surface area (Å²) in [6.07, 6.45) is 1.42. The molecule has 1 aliphatic rings. The van der Waals surface area contributed by atoms with Crippen molar-refractivity contribution >= 4 is 5.91 Å². The van der Waals surface area contributed by atoms with E-state index in [4.69, 9.17) is 10.5 Å². The first-order valence-corrected chi connectivity index (χ1v) is 5.22. The Kier molecular flexibility index (Phi) is 4.07. The molecule has 1 amide bonds. The number of carbonyl (C=O) groups excluding carboxylic acids is 1. The third-order valence-corrected chi connectivity index (χ3v) is 2.56. The predicted molar refractivity (Wildman–Crippen MR) is 56.3 cm³/mol. The highest BCUT2D eigenvalue weighted by Crippen LogP contribution is 2.20. The Morgan fingerprint density at radius 3 is 2.73 bits per heavy atom. The van der Waals surface area contributed by atoms with Crippen LogP contribution in [0, 0.1) is 0 Å². The van der Waals surface area contributed by atoms with E-state index in [9.17, 15) is 9.90 Å². The van der Waals surface area contributed by atoms with Gasteiger partial charge in [0.1, 0.15) is 0 Å². The van der Waals surface area contributed by atoms with E-state index in [2.05, 4.69) is 0 Å². The maximum Gasteiger partial charge on any atom is 0.239 e. The fourth-order valence-corrected chi connectivity index (χ4v) is 1.74. The van der Waals surface area contributed by atoms with Crippen LogP contribution in [0.4, 0.5) is 0 Å². The number of nitrogens with two attached hydrogens (primary N) is 1. The number of methoxy groups -OCH3 is 1. The molecule has 0 bridgehead atoms. The van der Waals surface area contributed by atoms with E-state index in [1.165, 1.54) is 0 Å². The largest absolute Gasteiger partial charge is 0.386 e. The number of ether oxygens (including phenoxy) is 1. The number of amides is 1. The number of hydrogen-bond donors (Lipinski definition) is 2. The van der Waals surface area contributed by atoms with Crippen LogP contribution in [0.1, 0.15) is 19.8 Å². The first kappa shape index (κ1) is 12.4. The molecule has 1 rings (SSSR count). The molecule has 88 valence electrons. The molecule has 0 spiro atoms. The minimum Gasteiger partial charge on any atom is -0.386 e. The number of likely N-dealkylation sites (tertiary alicyclic amines) is 1. The molecule has 0 aromatic rings. The second-order valence-corrected chi connectivity index (χ2v) is 4.43. The highest BCUT2D eigenvalue weighted by atomic mass is 16.5. The number of aliphatic hydroxyl groups is 1. The van der Waals surface area contributed by atoms with Gasteiger partial charge < -0.3 is 20.5 Å². The lowest BCUT2D eigenvalue weighted by molar-refractivity contribution is -0.153. The minimum absolute atomic E-state index is 0.0716. The van der Waals surface area contributed by atoms with Crippen molar-refractivity contribution in [3.8, 4) is 0 Å². The highest BCUT2D eigenvalue weighted by molar-refractivity contribution is 5.82. The van der Waals surface area contributed by atoms with Gasteiger partial charge in [-0.25, -0.2) is 0 Å². The van der Waals surface area contributed by atoms with E-state index in [0.29, 0.717) is 26.1 Å². The van der Waals surface area contributed by atoms with E-state index in [1.54, 1.807) is 18.9 Å². The van der Waals surface area contributed by atoms with Gasteiger partial charge in [-0.05, 0) is 19.8 Å². The summed E-state index contributed by atoms with van der Waals surface area (Å²) in [5, 5.41) is 9.47. The zero-order valence-electron chi connectivity index (χ0n) is 9.40. The van der Waals surface area contributed by atoms with Crippen molar-refractivity contribution < 1.29 is 14.6 Å². The van der Waals surface area contributed by atoms with Crippen molar-refractivity contribution in [3.63, 3.8) is 0 Å². The second kappa shape index (κ2) is 4.92. The Hall–Kier alpha value is -0.650. The van der Waals surface area contributed by atoms with Gasteiger partial charge in [0.2, 0.25) is 5.91 Å². The minimum atomic E-state index is -0.720. The van der Waals surface area contributed by atoms with Crippen LogP contribution in [0.25, 0.3) is 0 Å². The Morgan fingerprint density at radius 2 is 2.27 bits per heavy atom. The molecule has 5 heteroatoms. The van der Waals surface area contributed by atoms with Gasteiger partial charge in [0.15, 0.2) is 0 Å². The molecule has 3 N–H and O–H groups in total. The summed E-state index contributed by atoms with van der Waals surface area (Å²) in [5.41, 5.74) is 5.01. The molecule has 1 fully saturated rings. The summed E-state index contributed by atoms with van der Waals surface area (Å²) in [5.74, 6) is -0.0716. The van der Waals surface area contributed by atoms with Crippen LogP contribution in [-0.4, -0.2) is 54.4 Å². The first-order chi connectivity index (χ1) is 6.96. The van der Waals surface area contributed by atoms with Crippen molar-refractivity contribution in [3.05, 3.63) is 0 Å². The molecule has 0 aliphatic carbocycles.